The molecule has 2 aromatic carbocycles. The van der Waals surface area contributed by atoms with Gasteiger partial charge < -0.3 is 5.32 Å². The lowest BCUT2D eigenvalue weighted by Crippen LogP contribution is -2.29. The summed E-state index contributed by atoms with van der Waals surface area (Å²) in [7, 11) is 0. The predicted octanol–water partition coefficient (Wildman–Crippen LogP) is 6.13. The maximum Gasteiger partial charge on any atom is 0.0554 e. The smallest absolute Gasteiger partial charge is 0.0554 e. The Kier molecular flexibility index (Phi) is 3.43. The number of hydrogen-bond acceptors (Lipinski definition) is 1. The number of aryl methyl sites for hydroxylation is 1. The number of anilines is 1. The molecule has 1 aliphatic carbocycles. The second kappa shape index (κ2) is 5.33. The minimum Gasteiger partial charge on any atom is -0.377 e. The third-order valence-electron chi connectivity index (χ3n) is 4.84. The Morgan fingerprint density at radius 3 is 2.77 bits per heavy atom. The number of fused-ring (bicyclic) bond motifs is 3. The van der Waals surface area contributed by atoms with Crippen molar-refractivity contribution in [3.05, 3.63) is 75.3 Å². The Labute approximate surface area is 140 Å². The van der Waals surface area contributed by atoms with Crippen molar-refractivity contribution in [3.63, 3.8) is 0 Å². The molecule has 0 unspecified atom stereocenters. The number of allylic oxidation sites excluding steroid dienone is 2. The van der Waals surface area contributed by atoms with Gasteiger partial charge in [-0.15, -0.1) is 0 Å². The molecule has 0 amide bonds. The molecule has 4 rings (SSSR count). The molecule has 22 heavy (non-hydrogen) atoms. The zero-order chi connectivity index (χ0) is 15.3. The first-order chi connectivity index (χ1) is 10.6. The number of rotatable bonds is 1. The minimum absolute atomic E-state index is 0.283. The summed E-state index contributed by atoms with van der Waals surface area (Å²) in [4.78, 5) is 0. The van der Waals surface area contributed by atoms with Gasteiger partial charge in [0.2, 0.25) is 0 Å². The molecular formula is C19H17Cl2N. The SMILES string of the molecule is Cc1cc(Cl)cc2c1N[C@H](c1cccc(Cl)c1)[C@@H]1CC=C[C@H]21. The van der Waals surface area contributed by atoms with Crippen LogP contribution in [0.1, 0.15) is 35.1 Å². The van der Waals surface area contributed by atoms with E-state index < -0.39 is 0 Å². The van der Waals surface area contributed by atoms with Crippen LogP contribution in [0.4, 0.5) is 5.69 Å². The highest BCUT2D eigenvalue weighted by atomic mass is 35.5. The Bertz CT molecular complexity index is 766. The molecule has 3 atom stereocenters. The Hall–Kier alpha value is -1.44. The second-order valence-electron chi connectivity index (χ2n) is 6.22. The van der Waals surface area contributed by atoms with Gasteiger partial charge in [-0.05, 0) is 60.2 Å². The van der Waals surface area contributed by atoms with Gasteiger partial charge in [-0.2, -0.15) is 0 Å². The summed E-state index contributed by atoms with van der Waals surface area (Å²) in [6, 6.07) is 12.6. The molecule has 0 bridgehead atoms. The van der Waals surface area contributed by atoms with Crippen molar-refractivity contribution >= 4 is 28.9 Å². The fraction of sp³-hybridized carbons (Fsp3) is 0.263. The van der Waals surface area contributed by atoms with Crippen molar-refractivity contribution < 1.29 is 0 Å². The first kappa shape index (κ1) is 14.2. The van der Waals surface area contributed by atoms with Crippen molar-refractivity contribution in [1.29, 1.82) is 0 Å². The Morgan fingerprint density at radius 1 is 1.09 bits per heavy atom. The van der Waals surface area contributed by atoms with E-state index in [1.165, 1.54) is 22.4 Å². The Balaban J connectivity index is 1.84. The highest BCUT2D eigenvalue weighted by Gasteiger charge is 2.38. The van der Waals surface area contributed by atoms with Crippen molar-refractivity contribution in [2.24, 2.45) is 5.92 Å². The quantitative estimate of drug-likeness (QED) is 0.620. The first-order valence-corrected chi connectivity index (χ1v) is 8.38. The van der Waals surface area contributed by atoms with Gasteiger partial charge >= 0.3 is 0 Å². The van der Waals surface area contributed by atoms with E-state index in [0.717, 1.165) is 16.5 Å². The van der Waals surface area contributed by atoms with Crippen LogP contribution in [0.25, 0.3) is 0 Å². The summed E-state index contributed by atoms with van der Waals surface area (Å²) < 4.78 is 0. The van der Waals surface area contributed by atoms with Crippen LogP contribution in [0.5, 0.6) is 0 Å². The molecule has 0 spiro atoms. The van der Waals surface area contributed by atoms with Crippen LogP contribution in [0.3, 0.4) is 0 Å². The van der Waals surface area contributed by atoms with E-state index in [0.29, 0.717) is 11.8 Å². The molecule has 0 radical (unpaired) electrons. The largest absolute Gasteiger partial charge is 0.377 e. The van der Waals surface area contributed by atoms with Crippen molar-refractivity contribution in [1.82, 2.24) is 0 Å². The monoisotopic (exact) mass is 329 g/mol. The molecule has 1 nitrogen and oxygen atoms in total. The lowest BCUT2D eigenvalue weighted by molar-refractivity contribution is 0.425. The van der Waals surface area contributed by atoms with E-state index >= 15 is 0 Å². The van der Waals surface area contributed by atoms with Crippen LogP contribution in [-0.2, 0) is 0 Å². The van der Waals surface area contributed by atoms with Gasteiger partial charge in [0.1, 0.15) is 0 Å². The van der Waals surface area contributed by atoms with Crippen molar-refractivity contribution in [2.45, 2.75) is 25.3 Å². The Morgan fingerprint density at radius 2 is 1.95 bits per heavy atom. The predicted molar refractivity (Wildman–Crippen MR) is 94.0 cm³/mol. The summed E-state index contributed by atoms with van der Waals surface area (Å²) in [6.45, 7) is 2.12. The van der Waals surface area contributed by atoms with E-state index in [2.05, 4.69) is 42.6 Å². The van der Waals surface area contributed by atoms with Crippen LogP contribution in [-0.4, -0.2) is 0 Å². The minimum atomic E-state index is 0.283. The molecule has 2 aromatic rings. The van der Waals surface area contributed by atoms with E-state index in [9.17, 15) is 0 Å². The summed E-state index contributed by atoms with van der Waals surface area (Å²) in [5, 5.41) is 5.36. The third kappa shape index (κ3) is 2.24. The van der Waals surface area contributed by atoms with Crippen LogP contribution in [0, 0.1) is 12.8 Å². The maximum atomic E-state index is 6.28. The summed E-state index contributed by atoms with van der Waals surface area (Å²) in [5.41, 5.74) is 5.00. The number of benzene rings is 2. The van der Waals surface area contributed by atoms with Crippen molar-refractivity contribution in [2.75, 3.05) is 5.32 Å². The lowest BCUT2D eigenvalue weighted by atomic mass is 9.76. The third-order valence-corrected chi connectivity index (χ3v) is 5.29. The van der Waals surface area contributed by atoms with E-state index in [1.807, 2.05) is 18.2 Å². The fourth-order valence-electron chi connectivity index (χ4n) is 3.87. The number of halogens is 2. The number of hydrogen-bond donors (Lipinski definition) is 1. The van der Waals surface area contributed by atoms with Gasteiger partial charge in [0, 0.05) is 21.7 Å². The van der Waals surface area contributed by atoms with E-state index in [1.54, 1.807) is 0 Å². The topological polar surface area (TPSA) is 12.0 Å². The highest BCUT2D eigenvalue weighted by Crippen LogP contribution is 2.51. The lowest BCUT2D eigenvalue weighted by Gasteiger charge is -2.38. The normalized spacial score (nSPS) is 25.5. The molecule has 2 aliphatic rings. The van der Waals surface area contributed by atoms with Crippen LogP contribution in [0.2, 0.25) is 10.0 Å². The molecule has 0 fully saturated rings. The van der Waals surface area contributed by atoms with Gasteiger partial charge in [-0.25, -0.2) is 0 Å². The van der Waals surface area contributed by atoms with Gasteiger partial charge in [0.15, 0.2) is 0 Å². The van der Waals surface area contributed by atoms with Gasteiger partial charge in [-0.3, -0.25) is 0 Å². The number of nitrogens with one attached hydrogen (secondary N) is 1. The van der Waals surface area contributed by atoms with Gasteiger partial charge in [-0.1, -0.05) is 47.5 Å². The average molecular weight is 330 g/mol. The molecule has 1 N–H and O–H groups in total. The van der Waals surface area contributed by atoms with Crippen molar-refractivity contribution in [3.8, 4) is 0 Å². The molecule has 0 aromatic heterocycles. The zero-order valence-electron chi connectivity index (χ0n) is 12.3. The first-order valence-electron chi connectivity index (χ1n) is 7.62. The fourth-order valence-corrected chi connectivity index (χ4v) is 4.35. The highest BCUT2D eigenvalue weighted by molar-refractivity contribution is 6.31. The molecule has 0 saturated heterocycles. The van der Waals surface area contributed by atoms with Gasteiger partial charge in [0.25, 0.3) is 0 Å². The standard InChI is InChI=1S/C19H17Cl2N/c1-11-8-14(21)10-17-15-6-3-7-16(15)19(22-18(11)17)12-4-2-5-13(20)9-12/h2-6,8-10,15-16,19,22H,7H2,1H3/t15-,16+,19+/m0/s1. The molecule has 3 heteroatoms. The van der Waals surface area contributed by atoms with Crippen LogP contribution < -0.4 is 5.32 Å². The second-order valence-corrected chi connectivity index (χ2v) is 7.09. The summed E-state index contributed by atoms with van der Waals surface area (Å²) >= 11 is 12.5. The van der Waals surface area contributed by atoms with Gasteiger partial charge in [0.05, 0.1) is 6.04 Å². The average Bonchev–Trinajstić information content (AvgIpc) is 2.96. The molecule has 112 valence electrons. The maximum absolute atomic E-state index is 6.28. The van der Waals surface area contributed by atoms with E-state index in [-0.39, 0.29) is 6.04 Å². The van der Waals surface area contributed by atoms with Crippen LogP contribution >= 0.6 is 23.2 Å². The molecule has 1 heterocycles. The molecular weight excluding hydrogens is 313 g/mol. The molecule has 1 aliphatic heterocycles. The van der Waals surface area contributed by atoms with Crippen LogP contribution in [0.15, 0.2) is 48.6 Å². The molecule has 0 saturated carbocycles. The summed E-state index contributed by atoms with van der Waals surface area (Å²) in [5.74, 6) is 0.946. The van der Waals surface area contributed by atoms with E-state index in [4.69, 9.17) is 23.2 Å². The summed E-state index contributed by atoms with van der Waals surface area (Å²) in [6.07, 6.45) is 5.71. The zero-order valence-corrected chi connectivity index (χ0v) is 13.8.